The van der Waals surface area contributed by atoms with Crippen molar-refractivity contribution in [3.63, 3.8) is 0 Å². The van der Waals surface area contributed by atoms with E-state index in [1.807, 2.05) is 0 Å². The van der Waals surface area contributed by atoms with Gasteiger partial charge in [0.1, 0.15) is 0 Å². The average molecular weight is 149 g/mol. The van der Waals surface area contributed by atoms with E-state index in [0.29, 0.717) is 0 Å². The molecule has 4 rings (SSSR count). The molecule has 0 N–H and O–H groups in total. The predicted molar refractivity (Wildman–Crippen MR) is 42.4 cm³/mol. The lowest BCUT2D eigenvalue weighted by atomic mass is 9.25. The molecule has 3 saturated carbocycles. The van der Waals surface area contributed by atoms with E-state index in [4.69, 9.17) is 5.32 Å². The van der Waals surface area contributed by atoms with Gasteiger partial charge in [0, 0.05) is 6.04 Å². The Hall–Kier alpha value is -0.0800. The molecule has 2 nitrogen and oxygen atoms in total. The fourth-order valence-corrected chi connectivity index (χ4v) is 4.26. The molecule has 4 unspecified atom stereocenters. The molecule has 2 heteroatoms. The van der Waals surface area contributed by atoms with Crippen molar-refractivity contribution in [1.82, 2.24) is 4.90 Å². The zero-order chi connectivity index (χ0) is 7.33. The van der Waals surface area contributed by atoms with E-state index < -0.39 is 0 Å². The third-order valence-electron chi connectivity index (χ3n) is 4.64. The summed E-state index contributed by atoms with van der Waals surface area (Å²) in [6, 6.07) is 2.56. The van der Waals surface area contributed by atoms with Crippen molar-refractivity contribution in [1.29, 1.82) is 0 Å². The van der Waals surface area contributed by atoms with Crippen LogP contribution in [0.5, 0.6) is 0 Å². The van der Waals surface area contributed by atoms with Crippen LogP contribution in [0.3, 0.4) is 0 Å². The highest BCUT2D eigenvalue weighted by atomic mass is 15.3. The van der Waals surface area contributed by atoms with Crippen LogP contribution >= 0.6 is 0 Å². The molecule has 4 atom stereocenters. The van der Waals surface area contributed by atoms with E-state index in [1.165, 1.54) is 0 Å². The second kappa shape index (κ2) is 1.27. The quantitative estimate of drug-likeness (QED) is 0.532. The van der Waals surface area contributed by atoms with Gasteiger partial charge in [-0.05, 0) is 31.8 Å². The molecule has 4 fully saturated rings. The van der Waals surface area contributed by atoms with Gasteiger partial charge in [-0.2, -0.15) is 0 Å². The lowest BCUT2D eigenvalue weighted by Gasteiger charge is -2.97. The Morgan fingerprint density at radius 1 is 0.909 bits per heavy atom. The summed E-state index contributed by atoms with van der Waals surface area (Å²) in [5, 5.41) is 4.69. The summed E-state index contributed by atoms with van der Waals surface area (Å²) in [7, 11) is 4.46. The van der Waals surface area contributed by atoms with Crippen molar-refractivity contribution < 1.29 is 0 Å². The van der Waals surface area contributed by atoms with Crippen LogP contribution in [0.2, 0.25) is 0 Å². The van der Waals surface area contributed by atoms with E-state index in [2.05, 4.69) is 19.0 Å². The fraction of sp³-hybridized carbons (Fsp3) is 1.00. The summed E-state index contributed by atoms with van der Waals surface area (Å²) in [5.74, 6) is 4.20. The van der Waals surface area contributed by atoms with Gasteiger partial charge in [0.15, 0.2) is 0 Å². The Morgan fingerprint density at radius 2 is 1.55 bits per heavy atom. The van der Waals surface area contributed by atoms with Crippen molar-refractivity contribution in [2.75, 3.05) is 14.1 Å². The maximum Gasteiger partial charge on any atom is 0.0124 e. The smallest absolute Gasteiger partial charge is 0.0124 e. The Kier molecular flexibility index (Phi) is 0.641. The van der Waals surface area contributed by atoms with Crippen molar-refractivity contribution >= 4 is 0 Å². The summed E-state index contributed by atoms with van der Waals surface area (Å²) in [6.07, 6.45) is 0. The topological polar surface area (TPSA) is 17.3 Å². The molecular weight excluding hydrogens is 136 g/mol. The van der Waals surface area contributed by atoms with Crippen LogP contribution < -0.4 is 0 Å². The van der Waals surface area contributed by atoms with Crippen LogP contribution in [-0.2, 0) is 0 Å². The number of nitrogens with zero attached hydrogens (tertiary/aromatic N) is 2. The first-order chi connectivity index (χ1) is 5.30. The molecule has 60 valence electrons. The number of hydrogen-bond donors (Lipinski definition) is 0. The molecule has 4 aliphatic rings. The average Bonchev–Trinajstić information content (AvgIpc) is 1.98. The van der Waals surface area contributed by atoms with E-state index in [0.717, 1.165) is 41.8 Å². The molecule has 11 heavy (non-hydrogen) atoms. The zero-order valence-corrected chi connectivity index (χ0v) is 6.94. The maximum atomic E-state index is 4.69. The highest BCUT2D eigenvalue weighted by molar-refractivity contribution is 5.48. The number of fused-ring (bicyclic) bond motifs is 2. The molecule has 0 amide bonds. The molecule has 0 spiro atoms. The predicted octanol–water partition coefficient (Wildman–Crippen LogP) is 0.547. The van der Waals surface area contributed by atoms with Gasteiger partial charge in [-0.1, -0.05) is 5.92 Å². The van der Waals surface area contributed by atoms with E-state index >= 15 is 0 Å². The minimum Gasteiger partial charge on any atom is -0.656 e. The molecule has 1 heterocycles. The Morgan fingerprint density at radius 3 is 1.82 bits per heavy atom. The van der Waals surface area contributed by atoms with Gasteiger partial charge in [0.2, 0.25) is 0 Å². The molecule has 0 aromatic carbocycles. The number of piperidine rings is 4. The molecular formula is C9H13N2-. The molecule has 0 bridgehead atoms. The van der Waals surface area contributed by atoms with Crippen LogP contribution in [0.4, 0.5) is 0 Å². The molecule has 0 aromatic heterocycles. The second-order valence-electron chi connectivity index (χ2n) is 4.89. The first-order valence-electron chi connectivity index (χ1n) is 4.67. The third kappa shape index (κ3) is 0.323. The normalized spacial score (nSPS) is 73.9. The van der Waals surface area contributed by atoms with Gasteiger partial charge < -0.3 is 10.2 Å². The van der Waals surface area contributed by atoms with Crippen molar-refractivity contribution in [3.05, 3.63) is 5.32 Å². The lowest BCUT2D eigenvalue weighted by Crippen LogP contribution is -2.92. The van der Waals surface area contributed by atoms with Crippen LogP contribution in [0, 0.1) is 23.7 Å². The van der Waals surface area contributed by atoms with E-state index in [9.17, 15) is 0 Å². The Labute approximate surface area is 66.9 Å². The summed E-state index contributed by atoms with van der Waals surface area (Å²) in [4.78, 5) is 2.43. The van der Waals surface area contributed by atoms with E-state index in [-0.39, 0.29) is 0 Å². The maximum absolute atomic E-state index is 4.69. The summed E-state index contributed by atoms with van der Waals surface area (Å²) in [6.45, 7) is 0. The summed E-state index contributed by atoms with van der Waals surface area (Å²) < 4.78 is 0. The minimum atomic E-state index is 0.822. The van der Waals surface area contributed by atoms with Crippen molar-refractivity contribution in [3.8, 4) is 0 Å². The second-order valence-corrected chi connectivity index (χ2v) is 4.89. The van der Waals surface area contributed by atoms with Gasteiger partial charge in [-0.25, -0.2) is 0 Å². The van der Waals surface area contributed by atoms with Crippen molar-refractivity contribution in [2.45, 2.75) is 18.1 Å². The van der Waals surface area contributed by atoms with Crippen LogP contribution in [0.1, 0.15) is 0 Å². The molecule has 3 aliphatic carbocycles. The number of rotatable bonds is 1. The third-order valence-corrected chi connectivity index (χ3v) is 4.64. The monoisotopic (exact) mass is 149 g/mol. The van der Waals surface area contributed by atoms with Gasteiger partial charge in [-0.3, -0.25) is 0 Å². The number of hydrogen-bond acceptors (Lipinski definition) is 1. The highest BCUT2D eigenvalue weighted by Gasteiger charge is 2.76. The van der Waals surface area contributed by atoms with Crippen LogP contribution in [0.15, 0.2) is 0 Å². The largest absolute Gasteiger partial charge is 0.656 e. The van der Waals surface area contributed by atoms with Crippen molar-refractivity contribution in [2.24, 2.45) is 23.7 Å². The Balaban J connectivity index is 1.70. The first-order valence-corrected chi connectivity index (χ1v) is 4.67. The van der Waals surface area contributed by atoms with Crippen LogP contribution in [-0.4, -0.2) is 37.1 Å². The van der Waals surface area contributed by atoms with Gasteiger partial charge >= 0.3 is 0 Å². The standard InChI is InChI=1S/C9H13N2/c1-11(2)9-5-3-4-7(5)10-8(4)6(3)9/h3-9H,1-2H3/q-1. The highest BCUT2D eigenvalue weighted by Crippen LogP contribution is 2.80. The zero-order valence-electron chi connectivity index (χ0n) is 6.94. The van der Waals surface area contributed by atoms with Gasteiger partial charge in [0.05, 0.1) is 0 Å². The van der Waals surface area contributed by atoms with Gasteiger partial charge in [-0.15, -0.1) is 12.1 Å². The van der Waals surface area contributed by atoms with Gasteiger partial charge in [0.25, 0.3) is 0 Å². The summed E-state index contributed by atoms with van der Waals surface area (Å²) in [5.41, 5.74) is 0. The Bertz CT molecular complexity index is 209. The fourth-order valence-electron chi connectivity index (χ4n) is 4.26. The van der Waals surface area contributed by atoms with Crippen LogP contribution in [0.25, 0.3) is 5.32 Å². The minimum absolute atomic E-state index is 0.822. The molecule has 0 radical (unpaired) electrons. The summed E-state index contributed by atoms with van der Waals surface area (Å²) >= 11 is 0. The SMILES string of the molecule is CN(C)C1C2C3[N-]C4C3C2C41. The lowest BCUT2D eigenvalue weighted by molar-refractivity contribution is -0.300. The molecule has 1 saturated heterocycles. The van der Waals surface area contributed by atoms with E-state index in [1.54, 1.807) is 0 Å². The molecule has 0 aromatic rings. The first kappa shape index (κ1) is 5.55. The molecule has 1 aliphatic heterocycles.